The molecule has 0 saturated heterocycles. The highest BCUT2D eigenvalue weighted by Gasteiger charge is 2.46. The van der Waals surface area contributed by atoms with Gasteiger partial charge in [0.05, 0.1) is 0 Å². The number of hydrogen-bond donors (Lipinski definition) is 0. The van der Waals surface area contributed by atoms with E-state index in [0.29, 0.717) is 0 Å². The molecule has 0 aliphatic heterocycles. The van der Waals surface area contributed by atoms with Gasteiger partial charge in [0, 0.05) is 27.4 Å². The summed E-state index contributed by atoms with van der Waals surface area (Å²) >= 11 is 0. The van der Waals surface area contributed by atoms with Crippen molar-refractivity contribution in [2.75, 3.05) is 0 Å². The second-order valence-electron chi connectivity index (χ2n) is 25.0. The van der Waals surface area contributed by atoms with Crippen molar-refractivity contribution in [2.24, 2.45) is 0 Å². The Bertz CT molecular complexity index is 2770. The van der Waals surface area contributed by atoms with E-state index in [2.05, 4.69) is 139 Å². The summed E-state index contributed by atoms with van der Waals surface area (Å²) < 4.78 is 0. The van der Waals surface area contributed by atoms with E-state index in [1.807, 2.05) is 12.1 Å². The van der Waals surface area contributed by atoms with Gasteiger partial charge in [0.25, 0.3) is 0 Å². The number of carbonyl (C=O) groups excluding carboxylic acids is 2. The van der Waals surface area contributed by atoms with Crippen molar-refractivity contribution in [2.45, 2.75) is 250 Å². The van der Waals surface area contributed by atoms with Crippen LogP contribution in [0.25, 0.3) is 55.6 Å². The lowest BCUT2D eigenvalue weighted by Crippen LogP contribution is -2.26. The summed E-state index contributed by atoms with van der Waals surface area (Å²) in [7, 11) is 0. The third kappa shape index (κ3) is 11.9. The molecule has 0 fully saturated rings. The molecule has 0 heterocycles. The number of benzene rings is 6. The summed E-state index contributed by atoms with van der Waals surface area (Å²) in [5.74, 6) is 0. The van der Waals surface area contributed by atoms with Crippen molar-refractivity contribution in [3.63, 3.8) is 0 Å². The zero-order valence-electron chi connectivity index (χ0n) is 50.1. The standard InChI is InChI=1S/C77H98O2/c1-7-13-19-25-43-75(44-26-20-14-8-2)69-49-57(55-78)31-37-63(69)65-39-33-59(51-71(65)75)61-35-41-67-68-42-36-62(54-74(68)77(73(67)53-61,47-29-23-17-11-5)48-30-24-18-12-6)60-34-40-66-64-38-32-58(56-79)50-70(64)76(72(66)52-60,45-27-21-15-9-3)46-28-22-16-10-4/h31-42,49-56H,7-30,43-48H2,1-6H3. The molecule has 0 saturated carbocycles. The first kappa shape index (κ1) is 58.3. The lowest BCUT2D eigenvalue weighted by Gasteiger charge is -2.34. The van der Waals surface area contributed by atoms with Crippen LogP contribution >= 0.6 is 0 Å². The van der Waals surface area contributed by atoms with Crippen molar-refractivity contribution in [1.29, 1.82) is 0 Å². The van der Waals surface area contributed by atoms with Crippen LogP contribution in [-0.2, 0) is 16.2 Å². The summed E-state index contributed by atoms with van der Waals surface area (Å²) in [6, 6.07) is 43.4. The molecule has 3 aliphatic rings. The summed E-state index contributed by atoms with van der Waals surface area (Å²) in [5, 5.41) is 0. The van der Waals surface area contributed by atoms with E-state index in [1.54, 1.807) is 11.1 Å². The van der Waals surface area contributed by atoms with Gasteiger partial charge < -0.3 is 0 Å². The quantitative estimate of drug-likeness (QED) is 0.0298. The highest BCUT2D eigenvalue weighted by atomic mass is 16.1. The molecule has 0 bridgehead atoms. The Morgan fingerprint density at radius 2 is 0.456 bits per heavy atom. The molecular formula is C77H98O2. The maximum Gasteiger partial charge on any atom is 0.150 e. The maximum absolute atomic E-state index is 12.5. The highest BCUT2D eigenvalue weighted by Crippen LogP contribution is 2.59. The van der Waals surface area contributed by atoms with Gasteiger partial charge >= 0.3 is 0 Å². The average Bonchev–Trinajstić information content (AvgIpc) is 3.78. The summed E-state index contributed by atoms with van der Waals surface area (Å²) in [6.07, 6.45) is 38.8. The number of fused-ring (bicyclic) bond motifs is 9. The van der Waals surface area contributed by atoms with Gasteiger partial charge in [-0.2, -0.15) is 0 Å². The van der Waals surface area contributed by atoms with Crippen molar-refractivity contribution in [3.8, 4) is 55.6 Å². The van der Waals surface area contributed by atoms with Crippen molar-refractivity contribution in [1.82, 2.24) is 0 Å². The number of rotatable bonds is 34. The Hall–Kier alpha value is -5.34. The second-order valence-corrected chi connectivity index (χ2v) is 25.0. The minimum atomic E-state index is -0.102. The lowest BCUT2D eigenvalue weighted by atomic mass is 9.69. The number of hydrogen-bond acceptors (Lipinski definition) is 2. The van der Waals surface area contributed by atoms with Crippen LogP contribution in [0.15, 0.2) is 109 Å². The Morgan fingerprint density at radius 3 is 0.658 bits per heavy atom. The molecule has 2 nitrogen and oxygen atoms in total. The molecule has 0 aromatic heterocycles. The van der Waals surface area contributed by atoms with Gasteiger partial charge in [-0.25, -0.2) is 0 Å². The first-order chi connectivity index (χ1) is 38.8. The molecule has 0 spiro atoms. The number of carbonyl (C=O) groups is 2. The number of unbranched alkanes of at least 4 members (excludes halogenated alkanes) is 18. The molecule has 0 atom stereocenters. The topological polar surface area (TPSA) is 34.1 Å². The summed E-state index contributed by atoms with van der Waals surface area (Å²) in [5.41, 5.74) is 23.8. The van der Waals surface area contributed by atoms with E-state index >= 15 is 0 Å². The van der Waals surface area contributed by atoms with Crippen LogP contribution < -0.4 is 0 Å². The highest BCUT2D eigenvalue weighted by molar-refractivity contribution is 5.91. The van der Waals surface area contributed by atoms with Crippen LogP contribution in [0.2, 0.25) is 0 Å². The molecule has 2 heteroatoms. The van der Waals surface area contributed by atoms with E-state index in [1.165, 1.54) is 245 Å². The van der Waals surface area contributed by atoms with Gasteiger partial charge in [0.2, 0.25) is 0 Å². The van der Waals surface area contributed by atoms with Crippen LogP contribution in [0, 0.1) is 0 Å². The van der Waals surface area contributed by atoms with Gasteiger partial charge in [-0.1, -0.05) is 268 Å². The Kier molecular flexibility index (Phi) is 20.2. The zero-order valence-corrected chi connectivity index (χ0v) is 50.1. The molecule has 0 N–H and O–H groups in total. The van der Waals surface area contributed by atoms with Crippen LogP contribution in [-0.4, -0.2) is 12.6 Å². The Morgan fingerprint density at radius 1 is 0.253 bits per heavy atom. The molecule has 0 radical (unpaired) electrons. The van der Waals surface area contributed by atoms with Crippen molar-refractivity contribution in [3.05, 3.63) is 154 Å². The predicted molar refractivity (Wildman–Crippen MR) is 339 cm³/mol. The average molecular weight is 1060 g/mol. The van der Waals surface area contributed by atoms with Crippen molar-refractivity contribution >= 4 is 12.6 Å². The van der Waals surface area contributed by atoms with Crippen LogP contribution in [0.3, 0.4) is 0 Å². The smallest absolute Gasteiger partial charge is 0.150 e. The second kappa shape index (κ2) is 27.4. The molecule has 0 amide bonds. The first-order valence-corrected chi connectivity index (χ1v) is 32.6. The van der Waals surface area contributed by atoms with Crippen molar-refractivity contribution < 1.29 is 9.59 Å². The van der Waals surface area contributed by atoms with Gasteiger partial charge in [0.1, 0.15) is 12.6 Å². The summed E-state index contributed by atoms with van der Waals surface area (Å²) in [6.45, 7) is 14.0. The molecule has 418 valence electrons. The fraction of sp³-hybridized carbons (Fsp3) is 0.506. The van der Waals surface area contributed by atoms with E-state index in [0.717, 1.165) is 49.4 Å². The maximum atomic E-state index is 12.5. The fourth-order valence-corrected chi connectivity index (χ4v) is 15.5. The predicted octanol–water partition coefficient (Wildman–Crippen LogP) is 23.3. The van der Waals surface area contributed by atoms with Gasteiger partial charge in [-0.3, -0.25) is 9.59 Å². The number of aldehydes is 2. The largest absolute Gasteiger partial charge is 0.298 e. The third-order valence-corrected chi connectivity index (χ3v) is 19.8. The first-order valence-electron chi connectivity index (χ1n) is 32.6. The van der Waals surface area contributed by atoms with Crippen LogP contribution in [0.5, 0.6) is 0 Å². The zero-order chi connectivity index (χ0) is 55.2. The molecular weight excluding hydrogens is 957 g/mol. The molecule has 9 rings (SSSR count). The van der Waals surface area contributed by atoms with E-state index in [-0.39, 0.29) is 16.2 Å². The molecule has 0 unspecified atom stereocenters. The van der Waals surface area contributed by atoms with Gasteiger partial charge in [0.15, 0.2) is 0 Å². The monoisotopic (exact) mass is 1050 g/mol. The fourth-order valence-electron chi connectivity index (χ4n) is 15.5. The SMILES string of the molecule is CCCCCCC1(CCCCCC)c2cc(C=O)ccc2-c2ccc(-c3ccc4c(c3)C(CCCCCC)(CCCCCC)c3cc(-c5ccc6c(c5)C(CCCCCC)(CCCCCC)c5cc(C=O)ccc5-6)ccc3-4)cc21. The van der Waals surface area contributed by atoms with E-state index < -0.39 is 0 Å². The molecule has 3 aliphatic carbocycles. The van der Waals surface area contributed by atoms with Gasteiger partial charge in [-0.15, -0.1) is 0 Å². The Labute approximate surface area is 479 Å². The lowest BCUT2D eigenvalue weighted by molar-refractivity contribution is 0.111. The molecule has 79 heavy (non-hydrogen) atoms. The molecule has 6 aromatic carbocycles. The molecule has 6 aromatic rings. The normalized spacial score (nSPS) is 14.6. The van der Waals surface area contributed by atoms with Gasteiger partial charge in [-0.05, 0) is 164 Å². The minimum Gasteiger partial charge on any atom is -0.298 e. The third-order valence-electron chi connectivity index (χ3n) is 19.8. The van der Waals surface area contributed by atoms with E-state index in [9.17, 15) is 9.59 Å². The van der Waals surface area contributed by atoms with E-state index in [4.69, 9.17) is 0 Å². The summed E-state index contributed by atoms with van der Waals surface area (Å²) in [4.78, 5) is 24.9. The minimum absolute atomic E-state index is 0.0841. The van der Waals surface area contributed by atoms with Crippen LogP contribution in [0.1, 0.15) is 288 Å². The Balaban J connectivity index is 1.17. The van der Waals surface area contributed by atoms with Crippen LogP contribution in [0.4, 0.5) is 0 Å².